The zero-order chi connectivity index (χ0) is 46.8. The lowest BCUT2D eigenvalue weighted by Crippen LogP contribution is -2.54. The van der Waals surface area contributed by atoms with Gasteiger partial charge in [-0.2, -0.15) is 5.53 Å². The number of carbonyl (C=O) groups excluding carboxylic acids is 3. The molecule has 0 spiro atoms. The summed E-state index contributed by atoms with van der Waals surface area (Å²) in [5, 5.41) is 30.5. The van der Waals surface area contributed by atoms with E-state index in [1.165, 1.54) is 24.9 Å². The lowest BCUT2D eigenvalue weighted by atomic mass is 10.1. The van der Waals surface area contributed by atoms with Gasteiger partial charge in [0.05, 0.1) is 63.4 Å². The number of piperazine rings is 1. The molecule has 5 amide bonds. The summed E-state index contributed by atoms with van der Waals surface area (Å²) < 4.78 is 43.3. The molecule has 4 saturated heterocycles. The molecular weight excluding hydrogens is 898 g/mol. The first-order chi connectivity index (χ1) is 31.9. The van der Waals surface area contributed by atoms with Gasteiger partial charge in [-0.25, -0.2) is 24.4 Å². The number of anilines is 1. The van der Waals surface area contributed by atoms with Crippen LogP contribution in [-0.2, 0) is 19.0 Å². The van der Waals surface area contributed by atoms with Crippen LogP contribution in [0.4, 0.5) is 19.7 Å². The predicted octanol–water partition coefficient (Wildman–Crippen LogP) is 1.28. The van der Waals surface area contributed by atoms with Crippen molar-refractivity contribution in [3.05, 3.63) is 53.8 Å². The number of aliphatic hydroxyl groups excluding tert-OH is 1. The largest absolute Gasteiger partial charge is 0.497 e. The van der Waals surface area contributed by atoms with Crippen molar-refractivity contribution in [1.29, 1.82) is 0 Å². The van der Waals surface area contributed by atoms with E-state index in [0.717, 1.165) is 31.9 Å². The molecule has 2 aromatic rings. The smallest absolute Gasteiger partial charge is 0.321 e. The van der Waals surface area contributed by atoms with Crippen LogP contribution < -0.4 is 52.3 Å². The van der Waals surface area contributed by atoms with E-state index in [1.54, 1.807) is 43.0 Å². The number of benzene rings is 2. The first-order valence-electron chi connectivity index (χ1n) is 22.5. The number of nitrogens with one attached hydrogen (secondary N) is 8. The van der Waals surface area contributed by atoms with Crippen molar-refractivity contribution in [3.63, 3.8) is 0 Å². The molecule has 6 unspecified atom stereocenters. The van der Waals surface area contributed by atoms with Gasteiger partial charge in [0.1, 0.15) is 35.6 Å². The lowest BCUT2D eigenvalue weighted by molar-refractivity contribution is -0.133. The second kappa shape index (κ2) is 26.7. The third-order valence-electron chi connectivity index (χ3n) is 11.5. The van der Waals surface area contributed by atoms with Crippen molar-refractivity contribution in [2.75, 3.05) is 117 Å². The molecule has 368 valence electrons. The van der Waals surface area contributed by atoms with E-state index in [1.807, 2.05) is 29.0 Å². The molecule has 4 heterocycles. The highest BCUT2D eigenvalue weighted by Crippen LogP contribution is 2.28. The molecule has 0 radical (unpaired) electrons. The van der Waals surface area contributed by atoms with Crippen LogP contribution in [0.2, 0.25) is 0 Å². The maximum Gasteiger partial charge on any atom is 0.321 e. The van der Waals surface area contributed by atoms with E-state index in [-0.39, 0.29) is 60.1 Å². The maximum absolute atomic E-state index is 14.8. The zero-order valence-corrected chi connectivity index (χ0v) is 39.9. The van der Waals surface area contributed by atoms with Gasteiger partial charge < -0.3 is 59.9 Å². The number of hydrogen-bond acceptors (Lipinski definition) is 17. The molecule has 2 aromatic carbocycles. The van der Waals surface area contributed by atoms with E-state index in [9.17, 15) is 23.9 Å². The Morgan fingerprint density at radius 1 is 1.00 bits per heavy atom. The van der Waals surface area contributed by atoms with Gasteiger partial charge in [-0.15, -0.1) is 23.5 Å². The van der Waals surface area contributed by atoms with Crippen LogP contribution in [0.15, 0.2) is 42.5 Å². The Kier molecular flexibility index (Phi) is 20.9. The van der Waals surface area contributed by atoms with E-state index in [0.29, 0.717) is 81.8 Å². The maximum atomic E-state index is 14.8. The highest BCUT2D eigenvalue weighted by molar-refractivity contribution is 8.00. The lowest BCUT2D eigenvalue weighted by Gasteiger charge is -2.35. The Hall–Kier alpha value is -3.72. The molecule has 8 atom stereocenters. The van der Waals surface area contributed by atoms with Gasteiger partial charge in [0, 0.05) is 93.3 Å². The topological polar surface area (TPSA) is 224 Å². The number of halogens is 1. The Labute approximate surface area is 395 Å². The summed E-state index contributed by atoms with van der Waals surface area (Å²) in [6, 6.07) is 10.8. The minimum absolute atomic E-state index is 0.0175. The fourth-order valence-corrected chi connectivity index (χ4v) is 9.98. The molecular formula is C43H68FN11O9S2. The fourth-order valence-electron chi connectivity index (χ4n) is 7.54. The Balaban J connectivity index is 0.788. The van der Waals surface area contributed by atoms with Crippen LogP contribution in [0, 0.1) is 11.7 Å². The number of urea groups is 2. The Morgan fingerprint density at radius 2 is 1.74 bits per heavy atom. The number of likely N-dealkylation sites (N-methyl/N-ethyl adjacent to an activating group) is 1. The number of hydrazine groups is 2. The van der Waals surface area contributed by atoms with Gasteiger partial charge in [0.2, 0.25) is 5.91 Å². The van der Waals surface area contributed by atoms with Gasteiger partial charge in [-0.05, 0) is 44.3 Å². The van der Waals surface area contributed by atoms with Crippen LogP contribution in [0.3, 0.4) is 0 Å². The first kappa shape index (κ1) is 51.7. The van der Waals surface area contributed by atoms with Crippen molar-refractivity contribution >= 4 is 47.2 Å². The standard InChI is InChI=1S/C43H68FN11O9S2/c1-28-23-45-41(58)49-40(28)66-37(39(57)46-29(2)35-10-9-34(60-4)22-36(35)44)26-63-20-18-61-17-19-62-25-32-24-55(52-51-32)15-16-64-33-7-5-30(6-8-33)47-42(59)50-43-48-31(27-65-43)21-38(56)54-13-11-53(3)12-14-54/h5-10,22,28-29,31-32,37,39-40,43,46,48,51-52,57H,11-21,23-27H2,1-4H3,(H2,45,49,58)(H2,47,50,59)/t28?,29-,31?,32?,37+,39?,40?,43?/m1/s1. The quantitative estimate of drug-likeness (QED) is 0.0505. The van der Waals surface area contributed by atoms with Crippen LogP contribution in [-0.4, -0.2) is 184 Å². The van der Waals surface area contributed by atoms with Gasteiger partial charge in [0.15, 0.2) is 0 Å². The average Bonchev–Trinajstić information content (AvgIpc) is 3.95. The van der Waals surface area contributed by atoms with Crippen LogP contribution in [0.5, 0.6) is 11.5 Å². The van der Waals surface area contributed by atoms with Gasteiger partial charge in [-0.3, -0.25) is 15.4 Å². The number of amides is 5. The van der Waals surface area contributed by atoms with Crippen molar-refractivity contribution in [1.82, 2.24) is 52.4 Å². The van der Waals surface area contributed by atoms with E-state index < -0.39 is 23.3 Å². The summed E-state index contributed by atoms with van der Waals surface area (Å²) in [6.45, 7) is 11.4. The number of methoxy groups -OCH3 is 1. The highest BCUT2D eigenvalue weighted by atomic mass is 32.2. The zero-order valence-electron chi connectivity index (χ0n) is 38.2. The summed E-state index contributed by atoms with van der Waals surface area (Å²) in [5.41, 5.74) is 7.13. The number of thioether (sulfide) groups is 2. The van der Waals surface area contributed by atoms with E-state index in [4.69, 9.17) is 23.7 Å². The summed E-state index contributed by atoms with van der Waals surface area (Å²) >= 11 is 2.98. The normalized spacial score (nSPS) is 24.0. The number of ether oxygens (including phenoxy) is 5. The van der Waals surface area contributed by atoms with E-state index in [2.05, 4.69) is 54.8 Å². The number of rotatable bonds is 25. The number of aliphatic hydroxyl groups is 1. The van der Waals surface area contributed by atoms with Crippen molar-refractivity contribution in [2.24, 2.45) is 5.92 Å². The SMILES string of the molecule is COc1ccc([C@@H](C)NC(O)[C@H](COCCOCCOCC2CN(CCOc3ccc(NC(=O)NC4NC(CC(=O)N5CCN(C)CC5)CS4)cc3)NN2)SC2NC(=O)NCC2C)c(F)c1. The molecule has 4 aliphatic heterocycles. The first-order valence-corrected chi connectivity index (χ1v) is 24.5. The predicted molar refractivity (Wildman–Crippen MR) is 251 cm³/mol. The van der Waals surface area contributed by atoms with Crippen LogP contribution >= 0.6 is 23.5 Å². The van der Waals surface area contributed by atoms with Gasteiger partial charge >= 0.3 is 12.1 Å². The minimum Gasteiger partial charge on any atom is -0.497 e. The molecule has 66 heavy (non-hydrogen) atoms. The molecule has 9 N–H and O–H groups in total. The Morgan fingerprint density at radius 3 is 2.50 bits per heavy atom. The molecule has 23 heteroatoms. The highest BCUT2D eigenvalue weighted by Gasteiger charge is 2.33. The van der Waals surface area contributed by atoms with Gasteiger partial charge in [0.25, 0.3) is 0 Å². The summed E-state index contributed by atoms with van der Waals surface area (Å²) in [4.78, 5) is 41.6. The van der Waals surface area contributed by atoms with Crippen LogP contribution in [0.1, 0.15) is 31.9 Å². The number of nitrogens with zero attached hydrogens (tertiary/aromatic N) is 3. The van der Waals surface area contributed by atoms with Crippen LogP contribution in [0.25, 0.3) is 0 Å². The third kappa shape index (κ3) is 16.8. The molecule has 20 nitrogen and oxygen atoms in total. The molecule has 4 fully saturated rings. The molecule has 0 aliphatic carbocycles. The van der Waals surface area contributed by atoms with Crippen molar-refractivity contribution < 1.29 is 47.6 Å². The Bertz CT molecular complexity index is 1830. The summed E-state index contributed by atoms with van der Waals surface area (Å²) in [5.74, 6) is 1.65. The second-order valence-corrected chi connectivity index (χ2v) is 19.3. The van der Waals surface area contributed by atoms with Crippen molar-refractivity contribution in [3.8, 4) is 11.5 Å². The number of hydrogen-bond donors (Lipinski definition) is 9. The molecule has 0 saturated carbocycles. The monoisotopic (exact) mass is 965 g/mol. The molecule has 0 bridgehead atoms. The minimum atomic E-state index is -1.07. The second-order valence-electron chi connectivity index (χ2n) is 16.7. The van der Waals surface area contributed by atoms with E-state index >= 15 is 0 Å². The number of carbonyl (C=O) groups is 3. The van der Waals surface area contributed by atoms with Gasteiger partial charge in [-0.1, -0.05) is 13.0 Å². The fraction of sp³-hybridized carbons (Fsp3) is 0.651. The third-order valence-corrected chi connectivity index (χ3v) is 14.3. The molecule has 4 aliphatic rings. The molecule has 0 aromatic heterocycles. The molecule has 6 rings (SSSR count). The summed E-state index contributed by atoms with van der Waals surface area (Å²) in [7, 11) is 3.54. The average molecular weight is 966 g/mol. The van der Waals surface area contributed by atoms with Crippen molar-refractivity contribution in [2.45, 2.75) is 60.7 Å². The summed E-state index contributed by atoms with van der Waals surface area (Å²) in [6.07, 6.45) is -0.648.